The van der Waals surface area contributed by atoms with Gasteiger partial charge in [0.1, 0.15) is 11.5 Å². The van der Waals surface area contributed by atoms with Crippen LogP contribution in [0, 0.1) is 5.92 Å². The van der Waals surface area contributed by atoms with E-state index in [1.807, 2.05) is 18.7 Å². The number of benzene rings is 2. The molecule has 0 unspecified atom stereocenters. The zero-order valence-electron chi connectivity index (χ0n) is 21.9. The molecule has 0 bridgehead atoms. The van der Waals surface area contributed by atoms with E-state index in [0.717, 1.165) is 63.2 Å². The van der Waals surface area contributed by atoms with Crippen molar-refractivity contribution >= 4 is 11.8 Å². The Labute approximate surface area is 218 Å². The largest absolute Gasteiger partial charge is 0.508 e. The molecule has 0 saturated carbocycles. The topological polar surface area (TPSA) is 96.4 Å². The summed E-state index contributed by atoms with van der Waals surface area (Å²) in [6.07, 6.45) is 2.22. The summed E-state index contributed by atoms with van der Waals surface area (Å²) in [4.78, 5) is 31.6. The van der Waals surface area contributed by atoms with Gasteiger partial charge in [-0.15, -0.1) is 0 Å². The van der Waals surface area contributed by atoms with Crippen molar-refractivity contribution in [2.45, 2.75) is 52.2 Å². The molecule has 2 fully saturated rings. The van der Waals surface area contributed by atoms with Gasteiger partial charge >= 0.3 is 0 Å². The number of fused-ring (bicyclic) bond motifs is 1. The van der Waals surface area contributed by atoms with E-state index in [4.69, 9.17) is 0 Å². The zero-order chi connectivity index (χ0) is 26.1. The molecule has 0 aliphatic carbocycles. The Balaban J connectivity index is 1.17. The van der Waals surface area contributed by atoms with E-state index in [-0.39, 0.29) is 34.8 Å². The number of amides is 2. The second-order valence-corrected chi connectivity index (χ2v) is 11.1. The lowest BCUT2D eigenvalue weighted by Crippen LogP contribution is -2.50. The van der Waals surface area contributed by atoms with Crippen LogP contribution in [0.15, 0.2) is 30.3 Å². The van der Waals surface area contributed by atoms with Gasteiger partial charge in [-0.2, -0.15) is 0 Å². The van der Waals surface area contributed by atoms with Crippen LogP contribution >= 0.6 is 0 Å². The van der Waals surface area contributed by atoms with Gasteiger partial charge in [-0.1, -0.05) is 32.0 Å². The van der Waals surface area contributed by atoms with Gasteiger partial charge < -0.3 is 25.3 Å². The lowest BCUT2D eigenvalue weighted by Gasteiger charge is -2.36. The highest BCUT2D eigenvalue weighted by Crippen LogP contribution is 2.34. The summed E-state index contributed by atoms with van der Waals surface area (Å²) >= 11 is 0. The molecule has 3 aliphatic rings. The maximum atomic E-state index is 13.3. The Hall–Kier alpha value is -3.10. The fourth-order valence-corrected chi connectivity index (χ4v) is 5.82. The Morgan fingerprint density at radius 2 is 1.78 bits per heavy atom. The first-order valence-electron chi connectivity index (χ1n) is 13.4. The third-order valence-electron chi connectivity index (χ3n) is 8.06. The van der Waals surface area contributed by atoms with E-state index >= 15 is 0 Å². The van der Waals surface area contributed by atoms with Crippen molar-refractivity contribution in [3.05, 3.63) is 58.1 Å². The molecule has 3 aliphatic heterocycles. The Morgan fingerprint density at radius 3 is 2.51 bits per heavy atom. The van der Waals surface area contributed by atoms with Crippen molar-refractivity contribution in [1.29, 1.82) is 0 Å². The highest BCUT2D eigenvalue weighted by molar-refractivity contribution is 5.97. The molecule has 2 saturated heterocycles. The number of aromatic hydroxyl groups is 2. The number of carbonyl (C=O) groups excluding carboxylic acids is 2. The second-order valence-electron chi connectivity index (χ2n) is 11.1. The Morgan fingerprint density at radius 1 is 1.03 bits per heavy atom. The lowest BCUT2D eigenvalue weighted by molar-refractivity contribution is -0.132. The van der Waals surface area contributed by atoms with Crippen molar-refractivity contribution < 1.29 is 19.8 Å². The van der Waals surface area contributed by atoms with E-state index < -0.39 is 0 Å². The molecule has 5 rings (SSSR count). The van der Waals surface area contributed by atoms with Crippen LogP contribution in [0.1, 0.15) is 65.2 Å². The summed E-state index contributed by atoms with van der Waals surface area (Å²) < 4.78 is 0. The van der Waals surface area contributed by atoms with Crippen LogP contribution in [0.3, 0.4) is 0 Å². The minimum atomic E-state index is -0.220. The van der Waals surface area contributed by atoms with Gasteiger partial charge in [0, 0.05) is 45.3 Å². The third kappa shape index (κ3) is 5.60. The number of piperazine rings is 1. The second kappa shape index (κ2) is 10.7. The van der Waals surface area contributed by atoms with Crippen LogP contribution in [0.4, 0.5) is 0 Å². The fraction of sp³-hybridized carbons (Fsp3) is 0.517. The Bertz CT molecular complexity index is 1170. The van der Waals surface area contributed by atoms with Gasteiger partial charge in [0.2, 0.25) is 5.91 Å². The highest BCUT2D eigenvalue weighted by Gasteiger charge is 2.28. The molecule has 0 atom stereocenters. The summed E-state index contributed by atoms with van der Waals surface area (Å²) in [6, 6.07) is 9.39. The predicted octanol–water partition coefficient (Wildman–Crippen LogP) is 3.02. The van der Waals surface area contributed by atoms with Crippen LogP contribution < -0.4 is 5.32 Å². The first-order valence-corrected chi connectivity index (χ1v) is 13.4. The van der Waals surface area contributed by atoms with Crippen LogP contribution in [-0.2, 0) is 24.4 Å². The molecule has 0 spiro atoms. The van der Waals surface area contributed by atoms with Gasteiger partial charge in [-0.3, -0.25) is 14.5 Å². The van der Waals surface area contributed by atoms with Crippen molar-refractivity contribution in [2.75, 3.05) is 39.3 Å². The monoisotopic (exact) mass is 506 g/mol. The molecule has 8 heteroatoms. The molecule has 2 aromatic rings. The van der Waals surface area contributed by atoms with E-state index in [0.29, 0.717) is 31.1 Å². The van der Waals surface area contributed by atoms with Crippen LogP contribution in [0.25, 0.3) is 0 Å². The van der Waals surface area contributed by atoms with Gasteiger partial charge in [-0.05, 0) is 66.1 Å². The first kappa shape index (κ1) is 25.5. The number of phenols is 2. The predicted molar refractivity (Wildman–Crippen MR) is 141 cm³/mol. The minimum Gasteiger partial charge on any atom is -0.508 e. The van der Waals surface area contributed by atoms with Crippen molar-refractivity contribution in [3.63, 3.8) is 0 Å². The zero-order valence-corrected chi connectivity index (χ0v) is 21.9. The molecule has 3 N–H and O–H groups in total. The summed E-state index contributed by atoms with van der Waals surface area (Å²) in [5.74, 6) is 0.445. The van der Waals surface area contributed by atoms with E-state index in [2.05, 4.69) is 28.4 Å². The molecular formula is C29H38N4O4. The molecule has 8 nitrogen and oxygen atoms in total. The number of piperidine rings is 1. The van der Waals surface area contributed by atoms with Crippen LogP contribution in [0.2, 0.25) is 0 Å². The number of rotatable bonds is 6. The number of hydrogen-bond acceptors (Lipinski definition) is 6. The number of likely N-dealkylation sites (tertiary alicyclic amines) is 1. The summed E-state index contributed by atoms with van der Waals surface area (Å²) in [5, 5.41) is 23.6. The van der Waals surface area contributed by atoms with Crippen molar-refractivity contribution in [1.82, 2.24) is 20.0 Å². The van der Waals surface area contributed by atoms with Crippen molar-refractivity contribution in [3.8, 4) is 11.5 Å². The maximum Gasteiger partial charge on any atom is 0.258 e. The van der Waals surface area contributed by atoms with E-state index in [1.54, 1.807) is 11.0 Å². The van der Waals surface area contributed by atoms with E-state index in [9.17, 15) is 19.8 Å². The number of nitrogens with zero attached hydrogens (tertiary/aromatic N) is 3. The van der Waals surface area contributed by atoms with Gasteiger partial charge in [-0.25, -0.2) is 0 Å². The normalized spacial score (nSPS) is 19.1. The maximum absolute atomic E-state index is 13.3. The average molecular weight is 507 g/mol. The Kier molecular flexibility index (Phi) is 7.40. The molecule has 3 heterocycles. The van der Waals surface area contributed by atoms with Crippen molar-refractivity contribution in [2.24, 2.45) is 5.92 Å². The van der Waals surface area contributed by atoms with Gasteiger partial charge in [0.25, 0.3) is 5.91 Å². The molecular weight excluding hydrogens is 468 g/mol. The SMILES string of the molecule is CC(C)c1cc(C(=O)N2Cc3ccc(CN4CCC(CN5CCNCC5=O)CC4)cc3C2)c(O)cc1O. The third-order valence-corrected chi connectivity index (χ3v) is 8.06. The molecule has 0 aromatic heterocycles. The number of carbonyl (C=O) groups is 2. The molecule has 2 aromatic carbocycles. The molecule has 0 radical (unpaired) electrons. The molecule has 37 heavy (non-hydrogen) atoms. The number of phenolic OH excluding ortho intramolecular Hbond substituents is 2. The number of nitrogens with one attached hydrogen (secondary N) is 1. The average Bonchev–Trinajstić information content (AvgIpc) is 3.30. The molecule has 2 amide bonds. The fourth-order valence-electron chi connectivity index (χ4n) is 5.82. The lowest BCUT2D eigenvalue weighted by atomic mass is 9.95. The van der Waals surface area contributed by atoms with E-state index in [1.165, 1.54) is 11.6 Å². The quantitative estimate of drug-likeness (QED) is 0.558. The minimum absolute atomic E-state index is 0.0136. The van der Waals surface area contributed by atoms with Crippen LogP contribution in [0.5, 0.6) is 11.5 Å². The standard InChI is InChI=1S/C29H38N4O4/c1-19(2)24-12-25(27(35)13-26(24)34)29(37)33-17-22-4-3-21(11-23(22)18-33)15-31-8-5-20(6-9-31)16-32-10-7-30-14-28(32)36/h3-4,11-13,19-20,30,34-35H,5-10,14-18H2,1-2H3. The first-order chi connectivity index (χ1) is 17.8. The number of hydrogen-bond donors (Lipinski definition) is 3. The smallest absolute Gasteiger partial charge is 0.258 e. The van der Waals surface area contributed by atoms with Gasteiger partial charge in [0.15, 0.2) is 0 Å². The van der Waals surface area contributed by atoms with Crippen LogP contribution in [-0.4, -0.2) is 76.0 Å². The summed E-state index contributed by atoms with van der Waals surface area (Å²) in [7, 11) is 0. The summed E-state index contributed by atoms with van der Waals surface area (Å²) in [6.45, 7) is 10.9. The summed E-state index contributed by atoms with van der Waals surface area (Å²) in [5.41, 5.74) is 4.43. The molecule has 198 valence electrons. The van der Waals surface area contributed by atoms with Gasteiger partial charge in [0.05, 0.1) is 12.1 Å². The highest BCUT2D eigenvalue weighted by atomic mass is 16.3.